The smallest absolute Gasteiger partial charge is 0.315 e. The predicted octanol–water partition coefficient (Wildman–Crippen LogP) is 2.52. The van der Waals surface area contributed by atoms with E-state index in [1.165, 1.54) is 12.1 Å². The molecule has 2 fully saturated rings. The topological polar surface area (TPSA) is 59.6 Å². The van der Waals surface area contributed by atoms with Crippen molar-refractivity contribution >= 4 is 6.03 Å². The van der Waals surface area contributed by atoms with E-state index in [1.807, 2.05) is 0 Å². The second-order valence-corrected chi connectivity index (χ2v) is 6.09. The van der Waals surface area contributed by atoms with Crippen molar-refractivity contribution in [1.29, 1.82) is 0 Å². The van der Waals surface area contributed by atoms with Crippen molar-refractivity contribution in [3.8, 4) is 0 Å². The lowest BCUT2D eigenvalue weighted by molar-refractivity contribution is 0.0740. The van der Waals surface area contributed by atoms with Crippen molar-refractivity contribution in [2.75, 3.05) is 19.8 Å². The number of urea groups is 1. The van der Waals surface area contributed by atoms with Crippen LogP contribution in [0.15, 0.2) is 24.3 Å². The second kappa shape index (κ2) is 7.75. The number of nitrogens with one attached hydrogen (secondary N) is 2. The van der Waals surface area contributed by atoms with Crippen molar-refractivity contribution in [3.05, 3.63) is 35.6 Å². The number of ether oxygens (including phenoxy) is 2. The Bertz CT molecular complexity index is 511. The molecule has 2 heterocycles. The molecule has 0 aliphatic carbocycles. The van der Waals surface area contributed by atoms with Gasteiger partial charge in [-0.2, -0.15) is 0 Å². The van der Waals surface area contributed by atoms with Crippen LogP contribution in [0.1, 0.15) is 37.3 Å². The molecule has 2 unspecified atom stereocenters. The van der Waals surface area contributed by atoms with E-state index in [9.17, 15) is 9.18 Å². The summed E-state index contributed by atoms with van der Waals surface area (Å²) in [4.78, 5) is 12.3. The van der Waals surface area contributed by atoms with Crippen molar-refractivity contribution < 1.29 is 18.7 Å². The molecule has 0 bridgehead atoms. The standard InChI is InChI=1S/C17H23FN2O3/c18-13-5-3-12(4-6-13)16(15-2-1-9-23-15)20-17(21)19-14-7-10-22-11-8-14/h3-6,14-16H,1-2,7-11H2,(H2,19,20,21). The van der Waals surface area contributed by atoms with E-state index in [0.717, 1.165) is 31.2 Å². The molecule has 0 spiro atoms. The molecule has 2 amide bonds. The Kier molecular flexibility index (Phi) is 5.46. The summed E-state index contributed by atoms with van der Waals surface area (Å²) in [5.41, 5.74) is 0.862. The van der Waals surface area contributed by atoms with Crippen LogP contribution in [0, 0.1) is 5.82 Å². The van der Waals surface area contributed by atoms with Crippen molar-refractivity contribution in [2.24, 2.45) is 0 Å². The number of hydrogen-bond donors (Lipinski definition) is 2. The SMILES string of the molecule is O=C(NC1CCOCC1)NC(c1ccc(F)cc1)C1CCCO1. The van der Waals surface area contributed by atoms with Crippen molar-refractivity contribution in [1.82, 2.24) is 10.6 Å². The summed E-state index contributed by atoms with van der Waals surface area (Å²) in [6.45, 7) is 2.06. The highest BCUT2D eigenvalue weighted by Crippen LogP contribution is 2.27. The van der Waals surface area contributed by atoms with Crippen molar-refractivity contribution in [2.45, 2.75) is 43.9 Å². The molecule has 6 heteroatoms. The van der Waals surface area contributed by atoms with E-state index in [4.69, 9.17) is 9.47 Å². The van der Waals surface area contributed by atoms with Gasteiger partial charge in [-0.05, 0) is 43.4 Å². The minimum absolute atomic E-state index is 0.0686. The van der Waals surface area contributed by atoms with Gasteiger partial charge in [0.2, 0.25) is 0 Å². The third-order valence-corrected chi connectivity index (χ3v) is 4.41. The molecular formula is C17H23FN2O3. The first-order chi connectivity index (χ1) is 11.2. The summed E-state index contributed by atoms with van der Waals surface area (Å²) in [6.07, 6.45) is 3.45. The summed E-state index contributed by atoms with van der Waals surface area (Å²) in [6, 6.07) is 5.90. The average Bonchev–Trinajstić information content (AvgIpc) is 3.09. The molecule has 3 rings (SSSR count). The van der Waals surface area contributed by atoms with Crippen LogP contribution in [0.25, 0.3) is 0 Å². The molecule has 23 heavy (non-hydrogen) atoms. The van der Waals surface area contributed by atoms with Crippen LogP contribution in [0.5, 0.6) is 0 Å². The molecule has 0 aromatic heterocycles. The highest BCUT2D eigenvalue weighted by atomic mass is 19.1. The van der Waals surface area contributed by atoms with E-state index in [-0.39, 0.29) is 30.0 Å². The van der Waals surface area contributed by atoms with E-state index in [0.29, 0.717) is 19.8 Å². The molecular weight excluding hydrogens is 299 g/mol. The molecule has 5 nitrogen and oxygen atoms in total. The summed E-state index contributed by atoms with van der Waals surface area (Å²) in [7, 11) is 0. The summed E-state index contributed by atoms with van der Waals surface area (Å²) < 4.78 is 24.2. The predicted molar refractivity (Wildman–Crippen MR) is 83.6 cm³/mol. The van der Waals surface area contributed by atoms with E-state index in [2.05, 4.69) is 10.6 Å². The lowest BCUT2D eigenvalue weighted by atomic mass is 9.99. The van der Waals surface area contributed by atoms with Gasteiger partial charge in [0.15, 0.2) is 0 Å². The van der Waals surface area contributed by atoms with Crippen LogP contribution in [-0.2, 0) is 9.47 Å². The molecule has 2 N–H and O–H groups in total. The molecule has 2 atom stereocenters. The fourth-order valence-corrected chi connectivity index (χ4v) is 3.14. The maximum absolute atomic E-state index is 13.2. The van der Waals surface area contributed by atoms with Crippen LogP contribution >= 0.6 is 0 Å². The zero-order chi connectivity index (χ0) is 16.1. The third kappa shape index (κ3) is 4.42. The lowest BCUT2D eigenvalue weighted by Crippen LogP contribution is -2.47. The maximum Gasteiger partial charge on any atom is 0.315 e. The molecule has 2 saturated heterocycles. The van der Waals surface area contributed by atoms with Gasteiger partial charge in [0, 0.05) is 25.9 Å². The first-order valence-electron chi connectivity index (χ1n) is 8.24. The highest BCUT2D eigenvalue weighted by molar-refractivity contribution is 5.75. The fraction of sp³-hybridized carbons (Fsp3) is 0.588. The quantitative estimate of drug-likeness (QED) is 0.895. The molecule has 0 radical (unpaired) electrons. The number of carbonyl (C=O) groups is 1. The minimum Gasteiger partial charge on any atom is -0.381 e. The highest BCUT2D eigenvalue weighted by Gasteiger charge is 2.29. The monoisotopic (exact) mass is 322 g/mol. The Labute approximate surface area is 135 Å². The van der Waals surface area contributed by atoms with Gasteiger partial charge in [0.05, 0.1) is 12.1 Å². The molecule has 126 valence electrons. The van der Waals surface area contributed by atoms with Gasteiger partial charge in [-0.25, -0.2) is 9.18 Å². The summed E-state index contributed by atoms with van der Waals surface area (Å²) in [5, 5.41) is 6.00. The summed E-state index contributed by atoms with van der Waals surface area (Å²) >= 11 is 0. The Balaban J connectivity index is 1.65. The van der Waals surface area contributed by atoms with E-state index >= 15 is 0 Å². The number of rotatable bonds is 4. The molecule has 2 aliphatic rings. The van der Waals surface area contributed by atoms with Gasteiger partial charge in [0.1, 0.15) is 5.82 Å². The van der Waals surface area contributed by atoms with Crippen LogP contribution in [0.2, 0.25) is 0 Å². The number of halogens is 1. The fourth-order valence-electron chi connectivity index (χ4n) is 3.14. The minimum atomic E-state index is -0.286. The van der Waals surface area contributed by atoms with Crippen LogP contribution in [0.3, 0.4) is 0 Å². The van der Waals surface area contributed by atoms with Crippen LogP contribution < -0.4 is 10.6 Å². The van der Waals surface area contributed by atoms with Gasteiger partial charge >= 0.3 is 6.03 Å². The lowest BCUT2D eigenvalue weighted by Gasteiger charge is -2.28. The first-order valence-corrected chi connectivity index (χ1v) is 8.24. The van der Waals surface area contributed by atoms with Crippen LogP contribution in [-0.4, -0.2) is 38.0 Å². The van der Waals surface area contributed by atoms with Gasteiger partial charge in [-0.15, -0.1) is 0 Å². The Hall–Kier alpha value is -1.66. The average molecular weight is 322 g/mol. The zero-order valence-corrected chi connectivity index (χ0v) is 13.1. The van der Waals surface area contributed by atoms with Gasteiger partial charge < -0.3 is 20.1 Å². The van der Waals surface area contributed by atoms with Gasteiger partial charge in [-0.3, -0.25) is 0 Å². The number of benzene rings is 1. The Morgan fingerprint density at radius 1 is 1.13 bits per heavy atom. The van der Waals surface area contributed by atoms with Gasteiger partial charge in [0.25, 0.3) is 0 Å². The first kappa shape index (κ1) is 16.2. The normalized spacial score (nSPS) is 23.4. The second-order valence-electron chi connectivity index (χ2n) is 6.09. The third-order valence-electron chi connectivity index (χ3n) is 4.41. The molecule has 0 saturated carbocycles. The summed E-state index contributed by atoms with van der Waals surface area (Å²) in [5.74, 6) is -0.286. The number of carbonyl (C=O) groups excluding carboxylic acids is 1. The van der Waals surface area contributed by atoms with Crippen LogP contribution in [0.4, 0.5) is 9.18 Å². The zero-order valence-electron chi connectivity index (χ0n) is 13.1. The number of amides is 2. The molecule has 1 aromatic rings. The van der Waals surface area contributed by atoms with E-state index < -0.39 is 0 Å². The Morgan fingerprint density at radius 3 is 2.52 bits per heavy atom. The van der Waals surface area contributed by atoms with E-state index in [1.54, 1.807) is 12.1 Å². The van der Waals surface area contributed by atoms with Gasteiger partial charge in [-0.1, -0.05) is 12.1 Å². The number of hydrogen-bond acceptors (Lipinski definition) is 3. The molecule has 2 aliphatic heterocycles. The molecule has 1 aromatic carbocycles. The van der Waals surface area contributed by atoms with Crippen molar-refractivity contribution in [3.63, 3.8) is 0 Å². The largest absolute Gasteiger partial charge is 0.381 e. The maximum atomic E-state index is 13.2. The Morgan fingerprint density at radius 2 is 1.87 bits per heavy atom.